The summed E-state index contributed by atoms with van der Waals surface area (Å²) < 4.78 is 2.75. The number of rotatable bonds is 5. The van der Waals surface area contributed by atoms with Gasteiger partial charge in [-0.15, -0.1) is 0 Å². The molecule has 144 valence electrons. The molecule has 0 N–H and O–H groups in total. The van der Waals surface area contributed by atoms with Crippen LogP contribution in [0.25, 0.3) is 0 Å². The fourth-order valence-electron chi connectivity index (χ4n) is 3.57. The molecule has 0 radical (unpaired) electrons. The highest BCUT2D eigenvalue weighted by Gasteiger charge is 2.23. The quantitative estimate of drug-likeness (QED) is 0.727. The third kappa shape index (κ3) is 4.58. The normalized spacial score (nSPS) is 14.9. The molecule has 0 saturated heterocycles. The van der Waals surface area contributed by atoms with Crippen LogP contribution < -0.4 is 11.2 Å². The van der Waals surface area contributed by atoms with Crippen LogP contribution in [-0.2, 0) is 17.9 Å². The van der Waals surface area contributed by atoms with Crippen LogP contribution in [0.4, 0.5) is 0 Å². The number of carbonyl (C=O) groups excluding carboxylic acids is 1. The van der Waals surface area contributed by atoms with Gasteiger partial charge in [0.2, 0.25) is 5.91 Å². The summed E-state index contributed by atoms with van der Waals surface area (Å²) in [5, 5.41) is 0. The topological polar surface area (TPSA) is 64.3 Å². The van der Waals surface area contributed by atoms with Crippen molar-refractivity contribution in [3.8, 4) is 0 Å². The van der Waals surface area contributed by atoms with Crippen LogP contribution in [0.1, 0.15) is 37.7 Å². The molecule has 27 heavy (non-hydrogen) atoms. The minimum Gasteiger partial charge on any atom is -0.341 e. The first kappa shape index (κ1) is 19.6. The van der Waals surface area contributed by atoms with E-state index in [1.165, 1.54) is 17.2 Å². The van der Waals surface area contributed by atoms with Crippen LogP contribution in [-0.4, -0.2) is 33.0 Å². The van der Waals surface area contributed by atoms with Gasteiger partial charge in [0.25, 0.3) is 5.56 Å². The summed E-state index contributed by atoms with van der Waals surface area (Å²) in [6.45, 7) is 0.101. The Morgan fingerprint density at radius 3 is 2.48 bits per heavy atom. The minimum absolute atomic E-state index is 0.195. The van der Waals surface area contributed by atoms with Gasteiger partial charge in [-0.25, -0.2) is 9.36 Å². The summed E-state index contributed by atoms with van der Waals surface area (Å²) in [5.74, 6) is -0.203. The first-order chi connectivity index (χ1) is 13.0. The molecule has 6 nitrogen and oxygen atoms in total. The number of halogens is 1. The number of hydrogen-bond acceptors (Lipinski definition) is 3. The second kappa shape index (κ2) is 8.69. The van der Waals surface area contributed by atoms with Crippen molar-refractivity contribution < 1.29 is 4.79 Å². The number of amides is 1. The van der Waals surface area contributed by atoms with Crippen molar-refractivity contribution in [3.05, 3.63) is 67.4 Å². The minimum atomic E-state index is -0.477. The van der Waals surface area contributed by atoms with E-state index in [4.69, 9.17) is 0 Å². The molecule has 1 amide bonds. The fourth-order valence-corrected chi connectivity index (χ4v) is 4.03. The second-order valence-corrected chi connectivity index (χ2v) is 7.92. The highest BCUT2D eigenvalue weighted by atomic mass is 79.9. The van der Waals surface area contributed by atoms with Gasteiger partial charge >= 0.3 is 5.69 Å². The van der Waals surface area contributed by atoms with Crippen molar-refractivity contribution in [1.29, 1.82) is 0 Å². The second-order valence-electron chi connectivity index (χ2n) is 7.06. The lowest BCUT2D eigenvalue weighted by Crippen LogP contribution is -2.46. The molecule has 1 saturated carbocycles. The number of likely N-dealkylation sites (N-methyl/N-ethyl adjacent to an activating group) is 1. The Morgan fingerprint density at radius 2 is 1.81 bits per heavy atom. The molecule has 0 spiro atoms. The summed E-state index contributed by atoms with van der Waals surface area (Å²) in [4.78, 5) is 39.7. The van der Waals surface area contributed by atoms with Gasteiger partial charge in [-0.3, -0.25) is 14.2 Å². The van der Waals surface area contributed by atoms with Crippen LogP contribution in [0.5, 0.6) is 0 Å². The molecule has 0 bridgehead atoms. The fraction of sp³-hybridized carbons (Fsp3) is 0.450. The zero-order valence-electron chi connectivity index (χ0n) is 15.4. The van der Waals surface area contributed by atoms with Gasteiger partial charge in [0.15, 0.2) is 0 Å². The molecular weight excluding hydrogens is 410 g/mol. The maximum absolute atomic E-state index is 12.8. The predicted molar refractivity (Wildman–Crippen MR) is 108 cm³/mol. The van der Waals surface area contributed by atoms with Gasteiger partial charge in [0.05, 0.1) is 11.0 Å². The van der Waals surface area contributed by atoms with Gasteiger partial charge in [-0.2, -0.15) is 0 Å². The van der Waals surface area contributed by atoms with Crippen LogP contribution in [0.15, 0.2) is 50.6 Å². The molecule has 0 atom stereocenters. The monoisotopic (exact) mass is 433 g/mol. The van der Waals surface area contributed by atoms with Gasteiger partial charge in [-0.05, 0) is 34.3 Å². The summed E-state index contributed by atoms with van der Waals surface area (Å²) in [7, 11) is 1.77. The van der Waals surface area contributed by atoms with Crippen molar-refractivity contribution in [2.24, 2.45) is 0 Å². The lowest BCUT2D eigenvalue weighted by Gasteiger charge is -2.31. The highest BCUT2D eigenvalue weighted by molar-refractivity contribution is 9.10. The molecule has 1 aromatic heterocycles. The van der Waals surface area contributed by atoms with E-state index in [2.05, 4.69) is 15.9 Å². The highest BCUT2D eigenvalue weighted by Crippen LogP contribution is 2.21. The van der Waals surface area contributed by atoms with Gasteiger partial charge in [0, 0.05) is 19.3 Å². The average Bonchev–Trinajstić information content (AvgIpc) is 2.70. The van der Waals surface area contributed by atoms with E-state index < -0.39 is 11.2 Å². The van der Waals surface area contributed by atoms with E-state index in [1.54, 1.807) is 11.9 Å². The number of benzene rings is 1. The largest absolute Gasteiger partial charge is 0.341 e. The molecule has 1 aromatic carbocycles. The summed E-state index contributed by atoms with van der Waals surface area (Å²) >= 11 is 3.23. The van der Waals surface area contributed by atoms with Gasteiger partial charge in [-0.1, -0.05) is 49.6 Å². The number of carbonyl (C=O) groups is 1. The summed E-state index contributed by atoms with van der Waals surface area (Å²) in [5.41, 5.74) is -0.00509. The molecule has 2 aromatic rings. The zero-order chi connectivity index (χ0) is 19.4. The SMILES string of the molecule is CN(C(=O)Cn1c(=O)c(Br)cn(Cc2ccccc2)c1=O)C1CCCCC1. The van der Waals surface area contributed by atoms with Gasteiger partial charge < -0.3 is 4.90 Å². The lowest BCUT2D eigenvalue weighted by molar-refractivity contribution is -0.133. The summed E-state index contributed by atoms with van der Waals surface area (Å²) in [6, 6.07) is 9.72. The Labute approximate surface area is 166 Å². The van der Waals surface area contributed by atoms with E-state index in [1.807, 2.05) is 30.3 Å². The predicted octanol–water partition coefficient (Wildman–Crippen LogP) is 2.61. The van der Waals surface area contributed by atoms with Crippen LogP contribution in [0, 0.1) is 0 Å². The molecule has 7 heteroatoms. The summed E-state index contributed by atoms with van der Waals surface area (Å²) in [6.07, 6.45) is 6.88. The molecular formula is C20H24BrN3O3. The Bertz CT molecular complexity index is 914. The molecule has 3 rings (SSSR count). The van der Waals surface area contributed by atoms with E-state index in [-0.39, 0.29) is 23.0 Å². The van der Waals surface area contributed by atoms with E-state index in [9.17, 15) is 14.4 Å². The molecule has 0 unspecified atom stereocenters. The zero-order valence-corrected chi connectivity index (χ0v) is 17.0. The van der Waals surface area contributed by atoms with Crippen LogP contribution in [0.3, 0.4) is 0 Å². The molecule has 1 heterocycles. The molecule has 1 aliphatic carbocycles. The van der Waals surface area contributed by atoms with Crippen LogP contribution in [0.2, 0.25) is 0 Å². The first-order valence-electron chi connectivity index (χ1n) is 9.26. The standard InChI is InChI=1S/C20H24BrN3O3/c1-22(16-10-6-3-7-11-16)18(25)14-24-19(26)17(21)13-23(20(24)27)12-15-8-4-2-5-9-15/h2,4-5,8-9,13,16H,3,6-7,10-12,14H2,1H3. The average molecular weight is 434 g/mol. The van der Waals surface area contributed by atoms with E-state index in [0.717, 1.165) is 35.8 Å². The third-order valence-corrected chi connectivity index (χ3v) is 5.74. The first-order valence-corrected chi connectivity index (χ1v) is 10.1. The van der Waals surface area contributed by atoms with E-state index in [0.29, 0.717) is 6.54 Å². The molecule has 1 aliphatic rings. The van der Waals surface area contributed by atoms with Crippen molar-refractivity contribution in [1.82, 2.24) is 14.0 Å². The van der Waals surface area contributed by atoms with Crippen molar-refractivity contribution >= 4 is 21.8 Å². The van der Waals surface area contributed by atoms with Crippen molar-refractivity contribution in [3.63, 3.8) is 0 Å². The molecule has 1 fully saturated rings. The Kier molecular flexibility index (Phi) is 6.31. The van der Waals surface area contributed by atoms with Crippen LogP contribution >= 0.6 is 15.9 Å². The maximum atomic E-state index is 12.8. The molecule has 0 aliphatic heterocycles. The number of hydrogen-bond donors (Lipinski definition) is 0. The number of aromatic nitrogens is 2. The van der Waals surface area contributed by atoms with Gasteiger partial charge in [0.1, 0.15) is 6.54 Å². The van der Waals surface area contributed by atoms with Crippen molar-refractivity contribution in [2.75, 3.05) is 7.05 Å². The van der Waals surface area contributed by atoms with Crippen molar-refractivity contribution in [2.45, 2.75) is 51.2 Å². The smallest absolute Gasteiger partial charge is 0.331 e. The lowest BCUT2D eigenvalue weighted by atomic mass is 9.94. The van der Waals surface area contributed by atoms with E-state index >= 15 is 0 Å². The maximum Gasteiger partial charge on any atom is 0.331 e. The third-order valence-electron chi connectivity index (χ3n) is 5.20. The number of nitrogens with zero attached hydrogens (tertiary/aromatic N) is 3. The Hall–Kier alpha value is -2.15. The Balaban J connectivity index is 1.85. The Morgan fingerprint density at radius 1 is 1.15 bits per heavy atom.